The molecule has 0 aromatic rings. The lowest BCUT2D eigenvalue weighted by molar-refractivity contribution is 0.864. The lowest BCUT2D eigenvalue weighted by Gasteiger charge is -1.88. The maximum atomic E-state index is 2.27. The molecule has 0 aliphatic carbocycles. The number of hydrogen-bond acceptors (Lipinski definition) is 0. The first-order valence-corrected chi connectivity index (χ1v) is 4.18. The molecule has 0 aromatic heterocycles. The van der Waals surface area contributed by atoms with Gasteiger partial charge in [-0.25, -0.2) is 0 Å². The van der Waals surface area contributed by atoms with Gasteiger partial charge in [0.1, 0.15) is 0 Å². The molecule has 10 heavy (non-hydrogen) atoms. The van der Waals surface area contributed by atoms with E-state index in [2.05, 4.69) is 38.2 Å². The zero-order valence-electron chi connectivity index (χ0n) is 7.14. The van der Waals surface area contributed by atoms with Gasteiger partial charge >= 0.3 is 0 Å². The highest BCUT2D eigenvalue weighted by Gasteiger charge is 1.77. The van der Waals surface area contributed by atoms with Gasteiger partial charge in [0.2, 0.25) is 0 Å². The summed E-state index contributed by atoms with van der Waals surface area (Å²) in [6.07, 6.45) is 13.8. The van der Waals surface area contributed by atoms with E-state index in [4.69, 9.17) is 0 Å². The monoisotopic (exact) mass is 138 g/mol. The van der Waals surface area contributed by atoms with Crippen LogP contribution >= 0.6 is 0 Å². The summed E-state index contributed by atoms with van der Waals surface area (Å²) >= 11 is 0. The number of allylic oxidation sites excluding steroid dienone is 4. The van der Waals surface area contributed by atoms with Crippen molar-refractivity contribution in [3.8, 4) is 0 Å². The third kappa shape index (κ3) is 7.48. The first kappa shape index (κ1) is 9.48. The molecule has 0 bridgehead atoms. The summed E-state index contributed by atoms with van der Waals surface area (Å²) in [5.41, 5.74) is 0. The molecular weight excluding hydrogens is 120 g/mol. The molecule has 0 N–H and O–H groups in total. The second-order valence-electron chi connectivity index (χ2n) is 2.38. The highest BCUT2D eigenvalue weighted by molar-refractivity contribution is 4.82. The highest BCUT2D eigenvalue weighted by atomic mass is 13.8. The van der Waals surface area contributed by atoms with Crippen molar-refractivity contribution in [1.82, 2.24) is 0 Å². The number of unbranched alkanes of at least 4 members (excludes halogenated alkanes) is 2. The van der Waals surface area contributed by atoms with Crippen LogP contribution in [0.3, 0.4) is 0 Å². The lowest BCUT2D eigenvalue weighted by atomic mass is 10.2. The molecular formula is C10H18. The first-order chi connectivity index (χ1) is 4.91. The van der Waals surface area contributed by atoms with Gasteiger partial charge in [0.05, 0.1) is 0 Å². The van der Waals surface area contributed by atoms with Crippen molar-refractivity contribution < 1.29 is 0 Å². The van der Waals surface area contributed by atoms with E-state index in [9.17, 15) is 0 Å². The Morgan fingerprint density at radius 1 is 1.00 bits per heavy atom. The normalized spacial score (nSPS) is 11.8. The maximum Gasteiger partial charge on any atom is -0.0348 e. The largest absolute Gasteiger partial charge is 0.0917 e. The third-order valence-corrected chi connectivity index (χ3v) is 1.38. The van der Waals surface area contributed by atoms with Crippen LogP contribution in [0.4, 0.5) is 0 Å². The van der Waals surface area contributed by atoms with Gasteiger partial charge in [-0.15, -0.1) is 0 Å². The van der Waals surface area contributed by atoms with E-state index in [0.29, 0.717) is 0 Å². The second-order valence-corrected chi connectivity index (χ2v) is 2.38. The van der Waals surface area contributed by atoms with E-state index in [-0.39, 0.29) is 0 Å². The van der Waals surface area contributed by atoms with Gasteiger partial charge in [0.15, 0.2) is 0 Å². The molecule has 0 aliphatic rings. The van der Waals surface area contributed by atoms with Crippen LogP contribution in [0.15, 0.2) is 24.3 Å². The summed E-state index contributed by atoms with van der Waals surface area (Å²) in [5.74, 6) is 0. The summed E-state index contributed by atoms with van der Waals surface area (Å²) in [7, 11) is 0. The molecule has 0 saturated carbocycles. The van der Waals surface area contributed by atoms with Crippen molar-refractivity contribution in [1.29, 1.82) is 0 Å². The molecule has 0 saturated heterocycles. The van der Waals surface area contributed by atoms with Crippen LogP contribution in [0.5, 0.6) is 0 Å². The molecule has 0 unspecified atom stereocenters. The minimum atomic E-state index is 1.17. The fourth-order valence-corrected chi connectivity index (χ4v) is 0.805. The predicted molar refractivity (Wildman–Crippen MR) is 48.1 cm³/mol. The van der Waals surface area contributed by atoms with Gasteiger partial charge in [-0.1, -0.05) is 31.2 Å². The Kier molecular flexibility index (Phi) is 8.04. The van der Waals surface area contributed by atoms with E-state index < -0.39 is 0 Å². The molecule has 0 radical (unpaired) electrons. The lowest BCUT2D eigenvalue weighted by Crippen LogP contribution is -1.67. The average Bonchev–Trinajstić information content (AvgIpc) is 1.97. The summed E-state index contributed by atoms with van der Waals surface area (Å²) in [6.45, 7) is 4.24. The van der Waals surface area contributed by atoms with Crippen LogP contribution in [0.25, 0.3) is 0 Å². The Balaban J connectivity index is 2.97. The van der Waals surface area contributed by atoms with E-state index in [0.717, 1.165) is 0 Å². The molecule has 0 spiro atoms. The summed E-state index contributed by atoms with van der Waals surface area (Å²) in [6, 6.07) is 0. The van der Waals surface area contributed by atoms with Crippen LogP contribution in [0.2, 0.25) is 0 Å². The van der Waals surface area contributed by atoms with Crippen molar-refractivity contribution in [3.05, 3.63) is 24.3 Å². The van der Waals surface area contributed by atoms with Crippen molar-refractivity contribution in [2.45, 2.75) is 39.5 Å². The van der Waals surface area contributed by atoms with Gasteiger partial charge < -0.3 is 0 Å². The summed E-state index contributed by atoms with van der Waals surface area (Å²) < 4.78 is 0. The van der Waals surface area contributed by atoms with E-state index in [1.807, 2.05) is 0 Å². The van der Waals surface area contributed by atoms with Gasteiger partial charge in [0, 0.05) is 0 Å². The smallest absolute Gasteiger partial charge is 0.0348 e. The minimum Gasteiger partial charge on any atom is -0.0917 e. The standard InChI is InChI=1S/C10H18/c1-3-5-7-9-10-8-6-4-2/h3,5-6,8H,4,7,9-10H2,1-2H3/b5-3-,8-6-. The fourth-order valence-electron chi connectivity index (χ4n) is 0.805. The molecule has 0 rings (SSSR count). The Morgan fingerprint density at radius 3 is 2.30 bits per heavy atom. The van der Waals surface area contributed by atoms with Crippen molar-refractivity contribution in [3.63, 3.8) is 0 Å². The third-order valence-electron chi connectivity index (χ3n) is 1.38. The second kappa shape index (κ2) is 8.48. The predicted octanol–water partition coefficient (Wildman–Crippen LogP) is 3.70. The summed E-state index contributed by atoms with van der Waals surface area (Å²) in [5, 5.41) is 0. The molecule has 0 atom stereocenters. The molecule has 0 aliphatic heterocycles. The first-order valence-electron chi connectivity index (χ1n) is 4.18. The molecule has 58 valence electrons. The van der Waals surface area contributed by atoms with Crippen LogP contribution in [0, 0.1) is 0 Å². The fraction of sp³-hybridized carbons (Fsp3) is 0.600. The zero-order chi connectivity index (χ0) is 7.66. The molecule has 0 amide bonds. The van der Waals surface area contributed by atoms with Crippen LogP contribution in [0.1, 0.15) is 39.5 Å². The Bertz CT molecular complexity index is 98.6. The van der Waals surface area contributed by atoms with E-state index >= 15 is 0 Å². The molecule has 0 fully saturated rings. The van der Waals surface area contributed by atoms with Gasteiger partial charge in [0.25, 0.3) is 0 Å². The minimum absolute atomic E-state index is 1.17. The van der Waals surface area contributed by atoms with Crippen molar-refractivity contribution in [2.75, 3.05) is 0 Å². The molecule has 0 heterocycles. The van der Waals surface area contributed by atoms with Crippen LogP contribution < -0.4 is 0 Å². The molecule has 0 nitrogen and oxygen atoms in total. The molecule has 0 aromatic carbocycles. The zero-order valence-corrected chi connectivity index (χ0v) is 7.14. The van der Waals surface area contributed by atoms with Gasteiger partial charge in [-0.2, -0.15) is 0 Å². The van der Waals surface area contributed by atoms with Crippen molar-refractivity contribution in [2.24, 2.45) is 0 Å². The van der Waals surface area contributed by atoms with E-state index in [1.165, 1.54) is 25.7 Å². The Hall–Kier alpha value is -0.520. The van der Waals surface area contributed by atoms with Gasteiger partial charge in [-0.3, -0.25) is 0 Å². The Labute approximate surface area is 64.6 Å². The van der Waals surface area contributed by atoms with Gasteiger partial charge in [-0.05, 0) is 32.6 Å². The number of hydrogen-bond donors (Lipinski definition) is 0. The summed E-state index contributed by atoms with van der Waals surface area (Å²) in [4.78, 5) is 0. The maximum absolute atomic E-state index is 2.27. The van der Waals surface area contributed by atoms with E-state index in [1.54, 1.807) is 0 Å². The van der Waals surface area contributed by atoms with Crippen LogP contribution in [-0.4, -0.2) is 0 Å². The highest BCUT2D eigenvalue weighted by Crippen LogP contribution is 1.97. The van der Waals surface area contributed by atoms with Crippen LogP contribution in [-0.2, 0) is 0 Å². The molecule has 0 heteroatoms. The SMILES string of the molecule is C/C=C\CCC/C=C\CC. The Morgan fingerprint density at radius 2 is 1.70 bits per heavy atom. The van der Waals surface area contributed by atoms with Crippen molar-refractivity contribution >= 4 is 0 Å². The number of rotatable bonds is 5. The quantitative estimate of drug-likeness (QED) is 0.401. The topological polar surface area (TPSA) is 0 Å². The average molecular weight is 138 g/mol.